The Morgan fingerprint density at radius 3 is 2.66 bits per heavy atom. The van der Waals surface area contributed by atoms with Gasteiger partial charge >= 0.3 is 11.7 Å². The number of methoxy groups -OCH3 is 2. The smallest absolute Gasteiger partial charge is 0.328 e. The lowest BCUT2D eigenvalue weighted by Gasteiger charge is -2.16. The molecule has 9 heteroatoms. The molecular formula is C20H19N3O6. The van der Waals surface area contributed by atoms with Gasteiger partial charge in [-0.3, -0.25) is 14.9 Å². The molecule has 0 saturated heterocycles. The van der Waals surface area contributed by atoms with Crippen LogP contribution in [0.2, 0.25) is 0 Å². The van der Waals surface area contributed by atoms with Crippen molar-refractivity contribution in [2.24, 2.45) is 0 Å². The predicted octanol–water partition coefficient (Wildman–Crippen LogP) is 2.60. The first-order valence-electron chi connectivity index (χ1n) is 8.70. The number of rotatable bonds is 7. The molecule has 0 aliphatic carbocycles. The van der Waals surface area contributed by atoms with Crippen LogP contribution in [0.3, 0.4) is 0 Å². The van der Waals surface area contributed by atoms with Crippen LogP contribution in [-0.4, -0.2) is 42.0 Å². The van der Waals surface area contributed by atoms with Crippen molar-refractivity contribution < 1.29 is 24.0 Å². The molecule has 2 aromatic carbocycles. The molecule has 0 saturated carbocycles. The van der Waals surface area contributed by atoms with E-state index in [9.17, 15) is 19.7 Å². The molecule has 0 aliphatic rings. The highest BCUT2D eigenvalue weighted by atomic mass is 16.6. The second-order valence-corrected chi connectivity index (χ2v) is 6.26. The van der Waals surface area contributed by atoms with Gasteiger partial charge in [0.25, 0.3) is 5.91 Å². The molecule has 2 N–H and O–H groups in total. The maximum Gasteiger partial charge on any atom is 0.328 e. The maximum absolute atomic E-state index is 12.7. The van der Waals surface area contributed by atoms with E-state index in [2.05, 4.69) is 10.3 Å². The summed E-state index contributed by atoms with van der Waals surface area (Å²) in [6.07, 6.45) is 1.96. The zero-order valence-corrected chi connectivity index (χ0v) is 15.8. The Morgan fingerprint density at radius 1 is 1.21 bits per heavy atom. The Bertz CT molecular complexity index is 1080. The molecule has 3 aromatic rings. The SMILES string of the molecule is COC(=O)[C@@H](Cc1c[nH]c2ccccc12)NC(=O)c1ccc(OC)c([N+](=O)[O-])c1. The number of aromatic nitrogens is 1. The summed E-state index contributed by atoms with van der Waals surface area (Å²) >= 11 is 0. The monoisotopic (exact) mass is 397 g/mol. The predicted molar refractivity (Wildman–Crippen MR) is 105 cm³/mol. The zero-order valence-electron chi connectivity index (χ0n) is 15.8. The number of H-pyrrole nitrogens is 1. The van der Waals surface area contributed by atoms with E-state index >= 15 is 0 Å². The Hall–Kier alpha value is -3.88. The summed E-state index contributed by atoms with van der Waals surface area (Å²) in [5, 5.41) is 14.7. The van der Waals surface area contributed by atoms with Crippen molar-refractivity contribution in [1.29, 1.82) is 0 Å². The van der Waals surface area contributed by atoms with Gasteiger partial charge in [-0.2, -0.15) is 0 Å². The largest absolute Gasteiger partial charge is 0.490 e. The molecule has 0 unspecified atom stereocenters. The summed E-state index contributed by atoms with van der Waals surface area (Å²) in [4.78, 5) is 38.6. The first kappa shape index (κ1) is 19.9. The highest BCUT2D eigenvalue weighted by Gasteiger charge is 2.25. The molecule has 1 atom stereocenters. The number of nitrogens with one attached hydrogen (secondary N) is 2. The first-order chi connectivity index (χ1) is 13.9. The van der Waals surface area contributed by atoms with Crippen LogP contribution in [0.5, 0.6) is 5.75 Å². The highest BCUT2D eigenvalue weighted by Crippen LogP contribution is 2.27. The zero-order chi connectivity index (χ0) is 21.0. The van der Waals surface area contributed by atoms with Crippen molar-refractivity contribution in [2.75, 3.05) is 14.2 Å². The lowest BCUT2D eigenvalue weighted by Crippen LogP contribution is -2.43. The molecule has 0 aliphatic heterocycles. The van der Waals surface area contributed by atoms with Crippen molar-refractivity contribution in [3.63, 3.8) is 0 Å². The van der Waals surface area contributed by atoms with Gasteiger partial charge in [0.05, 0.1) is 19.1 Å². The number of carbonyl (C=O) groups excluding carboxylic acids is 2. The van der Waals surface area contributed by atoms with Gasteiger partial charge < -0.3 is 19.8 Å². The Labute approximate surface area is 165 Å². The molecule has 0 fully saturated rings. The Balaban J connectivity index is 1.85. The number of fused-ring (bicyclic) bond motifs is 1. The third-order valence-corrected chi connectivity index (χ3v) is 4.53. The minimum absolute atomic E-state index is 0.0327. The number of nitrogens with zero attached hydrogens (tertiary/aromatic N) is 1. The molecule has 1 aromatic heterocycles. The van der Waals surface area contributed by atoms with Crippen LogP contribution < -0.4 is 10.1 Å². The first-order valence-corrected chi connectivity index (χ1v) is 8.70. The minimum Gasteiger partial charge on any atom is -0.490 e. The molecule has 0 spiro atoms. The van der Waals surface area contributed by atoms with E-state index in [4.69, 9.17) is 9.47 Å². The van der Waals surface area contributed by atoms with Crippen LogP contribution >= 0.6 is 0 Å². The van der Waals surface area contributed by atoms with Crippen molar-refractivity contribution in [1.82, 2.24) is 10.3 Å². The fourth-order valence-electron chi connectivity index (χ4n) is 3.07. The van der Waals surface area contributed by atoms with Crippen LogP contribution in [0.1, 0.15) is 15.9 Å². The van der Waals surface area contributed by atoms with Gasteiger partial charge in [-0.15, -0.1) is 0 Å². The summed E-state index contributed by atoms with van der Waals surface area (Å²) in [6.45, 7) is 0. The molecule has 150 valence electrons. The highest BCUT2D eigenvalue weighted by molar-refractivity contribution is 5.98. The number of para-hydroxylation sites is 1. The van der Waals surface area contributed by atoms with E-state index in [1.54, 1.807) is 6.20 Å². The lowest BCUT2D eigenvalue weighted by molar-refractivity contribution is -0.385. The number of ether oxygens (including phenoxy) is 2. The lowest BCUT2D eigenvalue weighted by atomic mass is 10.0. The van der Waals surface area contributed by atoms with E-state index in [0.29, 0.717) is 0 Å². The number of hydrogen-bond donors (Lipinski definition) is 2. The summed E-state index contributed by atoms with van der Waals surface area (Å²) in [5.41, 5.74) is 1.43. The molecule has 3 rings (SSSR count). The summed E-state index contributed by atoms with van der Waals surface area (Å²) in [5.74, 6) is -1.22. The van der Waals surface area contributed by atoms with Crippen LogP contribution in [0.25, 0.3) is 10.9 Å². The van der Waals surface area contributed by atoms with E-state index in [1.807, 2.05) is 24.3 Å². The number of nitro benzene ring substituents is 1. The number of amides is 1. The molecule has 1 amide bonds. The standard InChI is InChI=1S/C20H19N3O6/c1-28-18-8-7-12(10-17(18)23(26)27)19(24)22-16(20(25)29-2)9-13-11-21-15-6-4-3-5-14(13)15/h3-8,10-11,16,21H,9H2,1-2H3,(H,22,24)/t16-/m1/s1. The quantitative estimate of drug-likeness (QED) is 0.359. The fraction of sp³-hybridized carbons (Fsp3) is 0.200. The van der Waals surface area contributed by atoms with E-state index in [0.717, 1.165) is 22.5 Å². The van der Waals surface area contributed by atoms with E-state index in [-0.39, 0.29) is 23.4 Å². The number of esters is 1. The van der Waals surface area contributed by atoms with Gasteiger partial charge in [0.2, 0.25) is 0 Å². The van der Waals surface area contributed by atoms with Crippen molar-refractivity contribution in [2.45, 2.75) is 12.5 Å². The van der Waals surface area contributed by atoms with Crippen LogP contribution in [0, 0.1) is 10.1 Å². The normalized spacial score (nSPS) is 11.7. The third-order valence-electron chi connectivity index (χ3n) is 4.53. The second kappa shape index (κ2) is 8.42. The summed E-state index contributed by atoms with van der Waals surface area (Å²) < 4.78 is 9.75. The molecular weight excluding hydrogens is 378 g/mol. The molecule has 9 nitrogen and oxygen atoms in total. The molecule has 0 bridgehead atoms. The summed E-state index contributed by atoms with van der Waals surface area (Å²) in [7, 11) is 2.53. The van der Waals surface area contributed by atoms with Crippen molar-refractivity contribution >= 4 is 28.5 Å². The number of aromatic amines is 1. The molecule has 29 heavy (non-hydrogen) atoms. The van der Waals surface area contributed by atoms with Gasteiger partial charge in [0.1, 0.15) is 6.04 Å². The Kier molecular flexibility index (Phi) is 5.77. The number of hydrogen-bond acceptors (Lipinski definition) is 6. The maximum atomic E-state index is 12.7. The fourth-order valence-corrected chi connectivity index (χ4v) is 3.07. The second-order valence-electron chi connectivity index (χ2n) is 6.26. The van der Waals surface area contributed by atoms with Gasteiger partial charge in [-0.1, -0.05) is 18.2 Å². The van der Waals surface area contributed by atoms with E-state index < -0.39 is 22.8 Å². The topological polar surface area (TPSA) is 124 Å². The minimum atomic E-state index is -0.965. The van der Waals surface area contributed by atoms with Gasteiger partial charge in [-0.05, 0) is 23.8 Å². The van der Waals surface area contributed by atoms with Crippen molar-refractivity contribution in [3.8, 4) is 5.75 Å². The number of nitro groups is 1. The number of benzene rings is 2. The van der Waals surface area contributed by atoms with Crippen LogP contribution in [0.4, 0.5) is 5.69 Å². The van der Waals surface area contributed by atoms with Gasteiger partial charge in [-0.25, -0.2) is 4.79 Å². The van der Waals surface area contributed by atoms with Gasteiger partial charge in [0, 0.05) is 35.2 Å². The average Bonchev–Trinajstić information content (AvgIpc) is 3.14. The van der Waals surface area contributed by atoms with E-state index in [1.165, 1.54) is 26.4 Å². The third kappa shape index (κ3) is 4.18. The van der Waals surface area contributed by atoms with Crippen LogP contribution in [-0.2, 0) is 16.0 Å². The average molecular weight is 397 g/mol. The Morgan fingerprint density at radius 2 is 1.97 bits per heavy atom. The molecule has 1 heterocycles. The van der Waals surface area contributed by atoms with Gasteiger partial charge in [0.15, 0.2) is 5.75 Å². The number of carbonyl (C=O) groups is 2. The van der Waals surface area contributed by atoms with Crippen LogP contribution in [0.15, 0.2) is 48.7 Å². The molecule has 0 radical (unpaired) electrons. The van der Waals surface area contributed by atoms with Crippen molar-refractivity contribution in [3.05, 3.63) is 69.9 Å². The summed E-state index contributed by atoms with van der Waals surface area (Å²) in [6, 6.07) is 10.4.